The van der Waals surface area contributed by atoms with E-state index in [1.54, 1.807) is 0 Å². The molecule has 0 saturated carbocycles. The summed E-state index contributed by atoms with van der Waals surface area (Å²) >= 11 is 0. The molecule has 0 bridgehead atoms. The third-order valence-electron chi connectivity index (χ3n) is 2.49. The summed E-state index contributed by atoms with van der Waals surface area (Å²) in [4.78, 5) is 21.7. The lowest BCUT2D eigenvalue weighted by molar-refractivity contribution is -0.136. The van der Waals surface area contributed by atoms with Crippen LogP contribution in [0, 0.1) is 0 Å². The van der Waals surface area contributed by atoms with E-state index in [0.29, 0.717) is 11.3 Å². The molecule has 6 nitrogen and oxygen atoms in total. The molecule has 0 aliphatic carbocycles. The van der Waals surface area contributed by atoms with Gasteiger partial charge in [-0.3, -0.25) is 13.9 Å². The highest BCUT2D eigenvalue weighted by Crippen LogP contribution is 2.19. The van der Waals surface area contributed by atoms with Crippen LogP contribution < -0.4 is 4.31 Å². The van der Waals surface area contributed by atoms with Crippen molar-refractivity contribution in [3.8, 4) is 0 Å². The Hall–Kier alpha value is -1.89. The molecule has 7 heteroatoms. The first-order valence-electron chi connectivity index (χ1n) is 5.52. The zero-order valence-corrected chi connectivity index (χ0v) is 11.5. The number of benzene rings is 1. The van der Waals surface area contributed by atoms with Gasteiger partial charge < -0.3 is 5.11 Å². The fourth-order valence-corrected chi connectivity index (χ4v) is 2.47. The lowest BCUT2D eigenvalue weighted by atomic mass is 10.1. The molecule has 1 aromatic carbocycles. The summed E-state index contributed by atoms with van der Waals surface area (Å²) in [5.74, 6) is -1.20. The maximum Gasteiger partial charge on any atom is 0.305 e. The third kappa shape index (κ3) is 4.36. The molecule has 1 rings (SSSR count). The van der Waals surface area contributed by atoms with Crippen molar-refractivity contribution in [2.75, 3.05) is 17.1 Å². The number of carboxylic acids is 1. The average molecular weight is 285 g/mol. The molecule has 0 aliphatic heterocycles. The Balaban J connectivity index is 3.04. The highest BCUT2D eigenvalue weighted by atomic mass is 32.2. The largest absolute Gasteiger partial charge is 0.481 e. The summed E-state index contributed by atoms with van der Waals surface area (Å²) in [5.41, 5.74) is 0.809. The van der Waals surface area contributed by atoms with E-state index in [4.69, 9.17) is 5.11 Å². The number of carbonyl (C=O) groups excluding carboxylic acids is 1. The van der Waals surface area contributed by atoms with Crippen LogP contribution in [0.5, 0.6) is 0 Å². The van der Waals surface area contributed by atoms with Gasteiger partial charge in [-0.05, 0) is 31.2 Å². The molecule has 0 spiro atoms. The van der Waals surface area contributed by atoms with Gasteiger partial charge in [-0.1, -0.05) is 0 Å². The van der Waals surface area contributed by atoms with Crippen LogP contribution in [0.1, 0.15) is 23.7 Å². The molecule has 0 amide bonds. The quantitative estimate of drug-likeness (QED) is 0.791. The highest BCUT2D eigenvalue weighted by molar-refractivity contribution is 7.92. The zero-order chi connectivity index (χ0) is 14.6. The summed E-state index contributed by atoms with van der Waals surface area (Å²) in [5, 5.41) is 8.63. The van der Waals surface area contributed by atoms with Crippen LogP contribution in [0.25, 0.3) is 0 Å². The molecule has 0 atom stereocenters. The Morgan fingerprint density at radius 2 is 1.74 bits per heavy atom. The van der Waals surface area contributed by atoms with Gasteiger partial charge in [0.2, 0.25) is 10.0 Å². The van der Waals surface area contributed by atoms with Gasteiger partial charge in [0.25, 0.3) is 0 Å². The summed E-state index contributed by atoms with van der Waals surface area (Å²) in [7, 11) is -3.56. The maximum atomic E-state index is 11.6. The standard InChI is InChI=1S/C12H15NO5S/c1-9(14)10-3-5-11(6-4-10)13(19(2,17)18)8-7-12(15)16/h3-6H,7-8H2,1-2H3,(H,15,16). The number of hydrogen-bond acceptors (Lipinski definition) is 4. The van der Waals surface area contributed by atoms with E-state index >= 15 is 0 Å². The highest BCUT2D eigenvalue weighted by Gasteiger charge is 2.18. The predicted molar refractivity (Wildman–Crippen MR) is 70.9 cm³/mol. The molecule has 1 aromatic rings. The first-order chi connectivity index (χ1) is 8.71. The SMILES string of the molecule is CC(=O)c1ccc(N(CCC(=O)O)S(C)(=O)=O)cc1. The molecule has 0 radical (unpaired) electrons. The lowest BCUT2D eigenvalue weighted by Gasteiger charge is -2.21. The zero-order valence-electron chi connectivity index (χ0n) is 10.7. The number of carboxylic acid groups (broad SMARTS) is 1. The fourth-order valence-electron chi connectivity index (χ4n) is 1.55. The van der Waals surface area contributed by atoms with Crippen LogP contribution >= 0.6 is 0 Å². The molecule has 0 heterocycles. The minimum Gasteiger partial charge on any atom is -0.481 e. The topological polar surface area (TPSA) is 91.8 Å². The monoisotopic (exact) mass is 285 g/mol. The van der Waals surface area contributed by atoms with Gasteiger partial charge in [0, 0.05) is 12.1 Å². The minimum atomic E-state index is -3.56. The second kappa shape index (κ2) is 5.83. The van der Waals surface area contributed by atoms with Crippen molar-refractivity contribution in [1.29, 1.82) is 0 Å². The second-order valence-corrected chi connectivity index (χ2v) is 5.99. The van der Waals surface area contributed by atoms with E-state index in [-0.39, 0.29) is 18.7 Å². The Bertz CT molecular complexity index is 577. The molecule has 0 aliphatic rings. The Labute approximate surface area is 111 Å². The number of aliphatic carboxylic acids is 1. The number of anilines is 1. The van der Waals surface area contributed by atoms with Crippen LogP contribution in [0.15, 0.2) is 24.3 Å². The van der Waals surface area contributed by atoms with Gasteiger partial charge in [0.15, 0.2) is 5.78 Å². The van der Waals surface area contributed by atoms with Gasteiger partial charge in [-0.2, -0.15) is 0 Å². The van der Waals surface area contributed by atoms with Crippen LogP contribution in [-0.2, 0) is 14.8 Å². The Kier molecular flexibility index (Phi) is 4.66. The van der Waals surface area contributed by atoms with Crippen LogP contribution in [0.4, 0.5) is 5.69 Å². The normalized spacial score (nSPS) is 11.1. The van der Waals surface area contributed by atoms with Gasteiger partial charge in [-0.15, -0.1) is 0 Å². The summed E-state index contributed by atoms with van der Waals surface area (Å²) in [6, 6.07) is 5.99. The lowest BCUT2D eigenvalue weighted by Crippen LogP contribution is -2.32. The van der Waals surface area contributed by atoms with Crippen molar-refractivity contribution in [2.45, 2.75) is 13.3 Å². The third-order valence-corrected chi connectivity index (χ3v) is 3.68. The van der Waals surface area contributed by atoms with E-state index in [1.807, 2.05) is 0 Å². The van der Waals surface area contributed by atoms with E-state index in [1.165, 1.54) is 31.2 Å². The summed E-state index contributed by atoms with van der Waals surface area (Å²) in [6.07, 6.45) is 0.718. The molecular weight excluding hydrogens is 270 g/mol. The molecular formula is C12H15NO5S. The molecule has 0 aromatic heterocycles. The Morgan fingerprint density at radius 1 is 1.21 bits per heavy atom. The predicted octanol–water partition coefficient (Wildman–Crippen LogP) is 1.13. The molecule has 0 unspecified atom stereocenters. The van der Waals surface area contributed by atoms with Crippen molar-refractivity contribution in [3.05, 3.63) is 29.8 Å². The average Bonchev–Trinajstić information content (AvgIpc) is 2.27. The fraction of sp³-hybridized carbons (Fsp3) is 0.333. The van der Waals surface area contributed by atoms with Gasteiger partial charge in [0.05, 0.1) is 18.4 Å². The van der Waals surface area contributed by atoms with Gasteiger partial charge in [0.1, 0.15) is 0 Å². The number of Topliss-reactive ketones (excluding diaryl/α,β-unsaturated/α-hetero) is 1. The molecule has 19 heavy (non-hydrogen) atoms. The van der Waals surface area contributed by atoms with Crippen LogP contribution in [0.2, 0.25) is 0 Å². The molecule has 1 N–H and O–H groups in total. The summed E-state index contributed by atoms with van der Waals surface area (Å²) < 4.78 is 24.3. The van der Waals surface area contributed by atoms with Crippen molar-refractivity contribution in [1.82, 2.24) is 0 Å². The minimum absolute atomic E-state index is 0.122. The van der Waals surface area contributed by atoms with Crippen molar-refractivity contribution < 1.29 is 23.1 Å². The number of ketones is 1. The van der Waals surface area contributed by atoms with Crippen molar-refractivity contribution >= 4 is 27.5 Å². The van der Waals surface area contributed by atoms with Gasteiger partial charge in [-0.25, -0.2) is 8.42 Å². The number of nitrogens with zero attached hydrogens (tertiary/aromatic N) is 1. The maximum absolute atomic E-state index is 11.6. The summed E-state index contributed by atoms with van der Waals surface area (Å²) in [6.45, 7) is 1.27. The van der Waals surface area contributed by atoms with E-state index in [2.05, 4.69) is 0 Å². The first-order valence-corrected chi connectivity index (χ1v) is 7.37. The van der Waals surface area contributed by atoms with Gasteiger partial charge >= 0.3 is 5.97 Å². The van der Waals surface area contributed by atoms with E-state index < -0.39 is 16.0 Å². The second-order valence-electron chi connectivity index (χ2n) is 4.08. The van der Waals surface area contributed by atoms with E-state index in [0.717, 1.165) is 10.6 Å². The van der Waals surface area contributed by atoms with Crippen molar-refractivity contribution in [2.24, 2.45) is 0 Å². The van der Waals surface area contributed by atoms with Crippen LogP contribution in [0.3, 0.4) is 0 Å². The van der Waals surface area contributed by atoms with E-state index in [9.17, 15) is 18.0 Å². The smallest absolute Gasteiger partial charge is 0.305 e. The van der Waals surface area contributed by atoms with Crippen LogP contribution in [-0.4, -0.2) is 38.1 Å². The number of hydrogen-bond donors (Lipinski definition) is 1. The number of rotatable bonds is 6. The first kappa shape index (κ1) is 15.2. The molecule has 0 saturated heterocycles. The molecule has 0 fully saturated rings. The number of sulfonamides is 1. The molecule has 104 valence electrons. The Morgan fingerprint density at radius 3 is 2.11 bits per heavy atom. The van der Waals surface area contributed by atoms with Crippen molar-refractivity contribution in [3.63, 3.8) is 0 Å². The number of carbonyl (C=O) groups is 2.